The van der Waals surface area contributed by atoms with E-state index in [4.69, 9.17) is 0 Å². The molecule has 0 radical (unpaired) electrons. The summed E-state index contributed by atoms with van der Waals surface area (Å²) in [5.41, 5.74) is 3.80. The van der Waals surface area contributed by atoms with Crippen LogP contribution in [-0.4, -0.2) is 0 Å². The molecule has 0 amide bonds. The molecule has 3 aliphatic carbocycles. The molecule has 1 fully saturated rings. The van der Waals surface area contributed by atoms with Crippen molar-refractivity contribution in [1.82, 2.24) is 0 Å². The van der Waals surface area contributed by atoms with Gasteiger partial charge in [-0.15, -0.1) is 0 Å². The summed E-state index contributed by atoms with van der Waals surface area (Å²) in [6.45, 7) is 0. The maximum absolute atomic E-state index is 2.37. The lowest BCUT2D eigenvalue weighted by Crippen LogP contribution is -2.21. The van der Waals surface area contributed by atoms with Crippen LogP contribution in [0.25, 0.3) is 0 Å². The maximum atomic E-state index is 2.37. The molecular weight excluding hydrogens is 180 g/mol. The number of allylic oxidation sites excluding steroid dienone is 8. The monoisotopic (exact) mass is 198 g/mol. The third kappa shape index (κ3) is 1.35. The van der Waals surface area contributed by atoms with Crippen molar-refractivity contribution >= 4 is 0 Å². The molecule has 0 saturated heterocycles. The third-order valence-corrected chi connectivity index (χ3v) is 4.23. The van der Waals surface area contributed by atoms with Gasteiger partial charge in [0, 0.05) is 5.41 Å². The molecule has 15 heavy (non-hydrogen) atoms. The van der Waals surface area contributed by atoms with Crippen LogP contribution >= 0.6 is 0 Å². The van der Waals surface area contributed by atoms with Crippen molar-refractivity contribution in [3.05, 3.63) is 47.6 Å². The molecule has 0 nitrogen and oxygen atoms in total. The summed E-state index contributed by atoms with van der Waals surface area (Å²) in [5.74, 6) is 0. The molecule has 0 spiro atoms. The maximum Gasteiger partial charge on any atom is 0.0133 e. The van der Waals surface area contributed by atoms with Crippen LogP contribution in [0.15, 0.2) is 47.6 Å². The van der Waals surface area contributed by atoms with Gasteiger partial charge < -0.3 is 0 Å². The van der Waals surface area contributed by atoms with Gasteiger partial charge in [0.15, 0.2) is 0 Å². The van der Waals surface area contributed by atoms with Gasteiger partial charge in [-0.1, -0.05) is 60.4 Å². The molecular formula is C15H18. The van der Waals surface area contributed by atoms with E-state index in [1.165, 1.54) is 38.5 Å². The van der Waals surface area contributed by atoms with E-state index in [0.29, 0.717) is 5.41 Å². The van der Waals surface area contributed by atoms with Gasteiger partial charge in [0.25, 0.3) is 0 Å². The van der Waals surface area contributed by atoms with E-state index in [2.05, 4.69) is 36.5 Å². The Bertz CT molecular complexity index is 339. The highest BCUT2D eigenvalue weighted by atomic mass is 14.4. The average molecular weight is 198 g/mol. The summed E-state index contributed by atoms with van der Waals surface area (Å²) < 4.78 is 0. The molecule has 78 valence electrons. The lowest BCUT2D eigenvalue weighted by molar-refractivity contribution is 0.434. The molecule has 0 aromatic heterocycles. The topological polar surface area (TPSA) is 0 Å². The van der Waals surface area contributed by atoms with E-state index in [1.807, 2.05) is 0 Å². The first kappa shape index (κ1) is 9.21. The number of rotatable bonds is 2. The minimum Gasteiger partial charge on any atom is -0.0804 e. The Balaban J connectivity index is 1.95. The summed E-state index contributed by atoms with van der Waals surface area (Å²) in [7, 11) is 0. The summed E-state index contributed by atoms with van der Waals surface area (Å²) in [6.07, 6.45) is 21.8. The quantitative estimate of drug-likeness (QED) is 0.620. The van der Waals surface area contributed by atoms with Crippen molar-refractivity contribution in [3.63, 3.8) is 0 Å². The minimum atomic E-state index is 0.451. The van der Waals surface area contributed by atoms with E-state index >= 15 is 0 Å². The van der Waals surface area contributed by atoms with Crippen LogP contribution in [0.5, 0.6) is 0 Å². The van der Waals surface area contributed by atoms with Crippen molar-refractivity contribution in [1.29, 1.82) is 0 Å². The second-order valence-corrected chi connectivity index (χ2v) is 4.94. The van der Waals surface area contributed by atoms with Crippen molar-refractivity contribution in [2.75, 3.05) is 0 Å². The molecule has 0 bridgehead atoms. The summed E-state index contributed by atoms with van der Waals surface area (Å²) in [6, 6.07) is 0. The fraction of sp³-hybridized carbons (Fsp3) is 0.467. The highest BCUT2D eigenvalue weighted by Gasteiger charge is 2.40. The second kappa shape index (κ2) is 3.52. The van der Waals surface area contributed by atoms with Gasteiger partial charge in [-0.25, -0.2) is 0 Å². The van der Waals surface area contributed by atoms with Crippen LogP contribution in [0.4, 0.5) is 0 Å². The summed E-state index contributed by atoms with van der Waals surface area (Å²) >= 11 is 0. The highest BCUT2D eigenvalue weighted by molar-refractivity contribution is 5.42. The van der Waals surface area contributed by atoms with Gasteiger partial charge in [0.05, 0.1) is 0 Å². The smallest absolute Gasteiger partial charge is 0.0133 e. The molecule has 3 rings (SSSR count). The molecule has 1 saturated carbocycles. The molecule has 0 aromatic carbocycles. The van der Waals surface area contributed by atoms with Crippen molar-refractivity contribution < 1.29 is 0 Å². The van der Waals surface area contributed by atoms with Crippen molar-refractivity contribution in [2.24, 2.45) is 5.41 Å². The molecule has 0 unspecified atom stereocenters. The average Bonchev–Trinajstić information content (AvgIpc) is 3.02. The first-order valence-corrected chi connectivity index (χ1v) is 6.14. The van der Waals surface area contributed by atoms with Crippen LogP contribution in [0, 0.1) is 5.41 Å². The molecule has 0 aliphatic heterocycles. The fourth-order valence-corrected chi connectivity index (χ4v) is 3.43. The predicted molar refractivity (Wildman–Crippen MR) is 64.6 cm³/mol. The van der Waals surface area contributed by atoms with Crippen LogP contribution < -0.4 is 0 Å². The largest absolute Gasteiger partial charge is 0.0804 e. The van der Waals surface area contributed by atoms with Crippen LogP contribution in [0.2, 0.25) is 0 Å². The first-order valence-electron chi connectivity index (χ1n) is 6.14. The molecule has 0 aromatic rings. The van der Waals surface area contributed by atoms with Crippen LogP contribution in [0.3, 0.4) is 0 Å². The van der Waals surface area contributed by atoms with Crippen molar-refractivity contribution in [3.8, 4) is 0 Å². The molecule has 0 N–H and O–H groups in total. The minimum absolute atomic E-state index is 0.451. The zero-order chi connectivity index (χ0) is 10.1. The second-order valence-electron chi connectivity index (χ2n) is 4.94. The number of hydrogen-bond donors (Lipinski definition) is 0. The van der Waals surface area contributed by atoms with E-state index in [0.717, 1.165) is 0 Å². The van der Waals surface area contributed by atoms with Gasteiger partial charge in [0.1, 0.15) is 0 Å². The predicted octanol–water partition coefficient (Wildman–Crippen LogP) is 4.32. The van der Waals surface area contributed by atoms with E-state index in [-0.39, 0.29) is 0 Å². The van der Waals surface area contributed by atoms with Crippen LogP contribution in [0.1, 0.15) is 38.5 Å². The highest BCUT2D eigenvalue weighted by Crippen LogP contribution is 2.53. The van der Waals surface area contributed by atoms with Gasteiger partial charge in [-0.05, 0) is 25.7 Å². The fourth-order valence-electron chi connectivity index (χ4n) is 3.43. The molecule has 0 heteroatoms. The Morgan fingerprint density at radius 2 is 1.33 bits per heavy atom. The van der Waals surface area contributed by atoms with Crippen LogP contribution in [-0.2, 0) is 0 Å². The first-order chi connectivity index (χ1) is 7.42. The zero-order valence-corrected chi connectivity index (χ0v) is 9.21. The van der Waals surface area contributed by atoms with E-state index in [1.54, 1.807) is 11.1 Å². The molecule has 0 heterocycles. The molecule has 0 atom stereocenters. The Hall–Kier alpha value is -1.04. The molecule has 3 aliphatic rings. The van der Waals surface area contributed by atoms with Crippen molar-refractivity contribution in [2.45, 2.75) is 38.5 Å². The Morgan fingerprint density at radius 3 is 1.73 bits per heavy atom. The Morgan fingerprint density at radius 1 is 0.800 bits per heavy atom. The van der Waals surface area contributed by atoms with E-state index in [9.17, 15) is 0 Å². The van der Waals surface area contributed by atoms with Gasteiger partial charge in [0.2, 0.25) is 0 Å². The number of hydrogen-bond acceptors (Lipinski definition) is 0. The Labute approximate surface area is 92.1 Å². The zero-order valence-electron chi connectivity index (χ0n) is 9.21. The summed E-state index contributed by atoms with van der Waals surface area (Å²) in [4.78, 5) is 0. The van der Waals surface area contributed by atoms with Gasteiger partial charge in [-0.2, -0.15) is 0 Å². The summed E-state index contributed by atoms with van der Waals surface area (Å²) in [5, 5.41) is 0. The van der Waals surface area contributed by atoms with E-state index < -0.39 is 0 Å². The third-order valence-electron chi connectivity index (χ3n) is 4.23. The lowest BCUT2D eigenvalue weighted by Gasteiger charge is -2.33. The standard InChI is InChI=1S/C15H18/c1-2-8-13(7-1)15(11-5-6-12-15)14-9-3-4-10-14/h1-4,7,9H,5-6,8,10-12H2. The SMILES string of the molecule is C1=CCC(C2(C3=CC=CC3)CCCC2)=C1. The van der Waals surface area contributed by atoms with Gasteiger partial charge >= 0.3 is 0 Å². The van der Waals surface area contributed by atoms with Gasteiger partial charge in [-0.3, -0.25) is 0 Å². The Kier molecular flexibility index (Phi) is 2.16. The lowest BCUT2D eigenvalue weighted by atomic mass is 9.71. The normalized spacial score (nSPS) is 27.2.